The lowest BCUT2D eigenvalue weighted by molar-refractivity contribution is -0.137. The molecule has 0 N–H and O–H groups in total. The van der Waals surface area contributed by atoms with Crippen molar-refractivity contribution in [3.63, 3.8) is 0 Å². The molecule has 0 radical (unpaired) electrons. The van der Waals surface area contributed by atoms with E-state index in [0.29, 0.717) is 10.6 Å². The normalized spacial score (nSPS) is 16.0. The van der Waals surface area contributed by atoms with Crippen molar-refractivity contribution in [1.29, 1.82) is 0 Å². The van der Waals surface area contributed by atoms with Crippen molar-refractivity contribution >= 4 is 23.3 Å². The van der Waals surface area contributed by atoms with Crippen LogP contribution in [-0.4, -0.2) is 16.9 Å². The number of hydrogen-bond acceptors (Lipinski definition) is 5. The van der Waals surface area contributed by atoms with Gasteiger partial charge in [-0.3, -0.25) is 4.79 Å². The molecule has 0 fully saturated rings. The average molecular weight is 169 g/mol. The zero-order chi connectivity index (χ0) is 7.84. The van der Waals surface area contributed by atoms with Crippen LogP contribution >= 0.6 is 11.3 Å². The molecule has 0 saturated heterocycles. The van der Waals surface area contributed by atoms with Gasteiger partial charge in [-0.1, -0.05) is 0 Å². The predicted octanol–water partition coefficient (Wildman–Crippen LogP) is 0.383. The van der Waals surface area contributed by atoms with Crippen LogP contribution in [0.4, 0.5) is 0 Å². The van der Waals surface area contributed by atoms with Crippen molar-refractivity contribution < 1.29 is 14.3 Å². The average Bonchev–Trinajstić information content (AvgIpc) is 2.34. The third kappa shape index (κ3) is 0.932. The molecule has 0 saturated carbocycles. The number of ether oxygens (including phenoxy) is 1. The number of carbonyl (C=O) groups excluding carboxylic acids is 2. The number of nitrogens with zero attached hydrogens (tertiary/aromatic N) is 1. The SMILES string of the molecule is O=C1Cc2ncsc2C(=O)O1. The van der Waals surface area contributed by atoms with E-state index in [4.69, 9.17) is 0 Å². The van der Waals surface area contributed by atoms with Crippen molar-refractivity contribution in [3.05, 3.63) is 16.1 Å². The fraction of sp³-hybridized carbons (Fsp3) is 0.167. The molecule has 1 aromatic rings. The number of hydrogen-bond donors (Lipinski definition) is 0. The lowest BCUT2D eigenvalue weighted by atomic mass is 10.2. The molecule has 0 atom stereocenters. The first-order valence-electron chi connectivity index (χ1n) is 2.95. The number of fused-ring (bicyclic) bond motifs is 1. The fourth-order valence-electron chi connectivity index (χ4n) is 0.884. The minimum Gasteiger partial charge on any atom is -0.388 e. The van der Waals surface area contributed by atoms with Crippen LogP contribution < -0.4 is 0 Å². The van der Waals surface area contributed by atoms with Gasteiger partial charge in [0.2, 0.25) is 0 Å². The monoisotopic (exact) mass is 169 g/mol. The molecule has 0 bridgehead atoms. The van der Waals surface area contributed by atoms with Crippen LogP contribution in [0, 0.1) is 0 Å². The predicted molar refractivity (Wildman–Crippen MR) is 36.2 cm³/mol. The van der Waals surface area contributed by atoms with E-state index >= 15 is 0 Å². The zero-order valence-corrected chi connectivity index (χ0v) is 6.18. The highest BCUT2D eigenvalue weighted by Crippen LogP contribution is 2.19. The van der Waals surface area contributed by atoms with Crippen LogP contribution in [0.25, 0.3) is 0 Å². The minimum atomic E-state index is -0.571. The van der Waals surface area contributed by atoms with Gasteiger partial charge in [-0.25, -0.2) is 9.78 Å². The largest absolute Gasteiger partial charge is 0.388 e. The van der Waals surface area contributed by atoms with Gasteiger partial charge >= 0.3 is 11.9 Å². The number of thiazole rings is 1. The van der Waals surface area contributed by atoms with Gasteiger partial charge in [-0.05, 0) is 0 Å². The van der Waals surface area contributed by atoms with Crippen molar-refractivity contribution in [1.82, 2.24) is 4.98 Å². The molecule has 0 aromatic carbocycles. The molecule has 0 unspecified atom stereocenters. The molecule has 0 aliphatic carbocycles. The highest BCUT2D eigenvalue weighted by atomic mass is 32.1. The second-order valence-electron chi connectivity index (χ2n) is 2.07. The van der Waals surface area contributed by atoms with Gasteiger partial charge in [0, 0.05) is 0 Å². The molecule has 2 heterocycles. The Kier molecular flexibility index (Phi) is 1.25. The topological polar surface area (TPSA) is 56.3 Å². The zero-order valence-electron chi connectivity index (χ0n) is 5.36. The summed E-state index contributed by atoms with van der Waals surface area (Å²) in [6, 6.07) is 0. The number of cyclic esters (lactones) is 2. The number of esters is 2. The second-order valence-corrected chi connectivity index (χ2v) is 2.92. The van der Waals surface area contributed by atoms with Crippen LogP contribution in [0.1, 0.15) is 15.4 Å². The molecular weight excluding hydrogens is 166 g/mol. The lowest BCUT2D eigenvalue weighted by Crippen LogP contribution is -2.21. The molecule has 0 spiro atoms. The summed E-state index contributed by atoms with van der Waals surface area (Å²) in [7, 11) is 0. The summed E-state index contributed by atoms with van der Waals surface area (Å²) in [5.74, 6) is -1.09. The smallest absolute Gasteiger partial charge is 0.357 e. The summed E-state index contributed by atoms with van der Waals surface area (Å²) >= 11 is 1.20. The Hall–Kier alpha value is -1.23. The summed E-state index contributed by atoms with van der Waals surface area (Å²) < 4.78 is 4.36. The maximum Gasteiger partial charge on any atom is 0.357 e. The van der Waals surface area contributed by atoms with Crippen LogP contribution in [0.15, 0.2) is 5.51 Å². The Morgan fingerprint density at radius 1 is 1.55 bits per heavy atom. The van der Waals surface area contributed by atoms with Gasteiger partial charge < -0.3 is 4.74 Å². The van der Waals surface area contributed by atoms with E-state index < -0.39 is 11.9 Å². The van der Waals surface area contributed by atoms with Crippen LogP contribution in [0.3, 0.4) is 0 Å². The molecule has 1 aromatic heterocycles. The second kappa shape index (κ2) is 2.13. The summed E-state index contributed by atoms with van der Waals surface area (Å²) in [5.41, 5.74) is 2.07. The summed E-state index contributed by atoms with van der Waals surface area (Å²) in [5, 5.41) is 0. The Balaban J connectivity index is 2.52. The summed E-state index contributed by atoms with van der Waals surface area (Å²) in [6.07, 6.45) is 0.116. The maximum atomic E-state index is 10.9. The Bertz CT molecular complexity index is 330. The van der Waals surface area contributed by atoms with E-state index in [-0.39, 0.29) is 6.42 Å². The fourth-order valence-corrected chi connectivity index (χ4v) is 1.57. The molecule has 5 heteroatoms. The Labute approximate surface area is 65.8 Å². The minimum absolute atomic E-state index is 0.116. The van der Waals surface area contributed by atoms with Gasteiger partial charge in [0.1, 0.15) is 4.88 Å². The van der Waals surface area contributed by atoms with Gasteiger partial charge in [0.25, 0.3) is 0 Å². The van der Waals surface area contributed by atoms with Crippen molar-refractivity contribution in [2.24, 2.45) is 0 Å². The first-order chi connectivity index (χ1) is 5.27. The van der Waals surface area contributed by atoms with Gasteiger partial charge in [0.05, 0.1) is 17.6 Å². The molecule has 0 amide bonds. The Morgan fingerprint density at radius 3 is 3.18 bits per heavy atom. The number of rotatable bonds is 0. The standard InChI is InChI=1S/C6H3NO3S/c8-4-1-3-5(6(9)10-4)11-2-7-3/h2H,1H2. The first kappa shape index (κ1) is 6.48. The van der Waals surface area contributed by atoms with Gasteiger partial charge in [-0.15, -0.1) is 11.3 Å². The third-order valence-electron chi connectivity index (χ3n) is 1.34. The molecular formula is C6H3NO3S. The first-order valence-corrected chi connectivity index (χ1v) is 3.82. The van der Waals surface area contributed by atoms with Gasteiger partial charge in [0.15, 0.2) is 0 Å². The van der Waals surface area contributed by atoms with Crippen LogP contribution in [0.5, 0.6) is 0 Å². The van der Waals surface area contributed by atoms with Crippen LogP contribution in [0.2, 0.25) is 0 Å². The molecule has 11 heavy (non-hydrogen) atoms. The van der Waals surface area contributed by atoms with E-state index in [0.717, 1.165) is 0 Å². The van der Waals surface area contributed by atoms with Crippen molar-refractivity contribution in [2.45, 2.75) is 6.42 Å². The van der Waals surface area contributed by atoms with E-state index in [1.54, 1.807) is 0 Å². The van der Waals surface area contributed by atoms with E-state index in [2.05, 4.69) is 9.72 Å². The highest BCUT2D eigenvalue weighted by molar-refractivity contribution is 7.11. The van der Waals surface area contributed by atoms with Crippen molar-refractivity contribution in [2.75, 3.05) is 0 Å². The molecule has 1 aliphatic rings. The Morgan fingerprint density at radius 2 is 2.36 bits per heavy atom. The molecule has 2 rings (SSSR count). The van der Waals surface area contributed by atoms with E-state index in [9.17, 15) is 9.59 Å². The summed E-state index contributed by atoms with van der Waals surface area (Å²) in [4.78, 5) is 25.8. The number of aromatic nitrogens is 1. The third-order valence-corrected chi connectivity index (χ3v) is 2.19. The molecule has 1 aliphatic heterocycles. The van der Waals surface area contributed by atoms with Gasteiger partial charge in [-0.2, -0.15) is 0 Å². The maximum absolute atomic E-state index is 10.9. The molecule has 56 valence electrons. The summed E-state index contributed by atoms with van der Waals surface area (Å²) in [6.45, 7) is 0. The number of carbonyl (C=O) groups is 2. The highest BCUT2D eigenvalue weighted by Gasteiger charge is 2.26. The van der Waals surface area contributed by atoms with E-state index in [1.165, 1.54) is 16.8 Å². The van der Waals surface area contributed by atoms with E-state index in [1.807, 2.05) is 0 Å². The lowest BCUT2D eigenvalue weighted by Gasteiger charge is -2.06. The van der Waals surface area contributed by atoms with Crippen LogP contribution in [-0.2, 0) is 16.0 Å². The quantitative estimate of drug-likeness (QED) is 0.416. The molecule has 4 nitrogen and oxygen atoms in total. The van der Waals surface area contributed by atoms with Crippen molar-refractivity contribution in [3.8, 4) is 0 Å².